The number of rotatable bonds is 5. The van der Waals surface area contributed by atoms with Crippen LogP contribution in [-0.2, 0) is 0 Å². The Kier molecular flexibility index (Phi) is 4.88. The first-order chi connectivity index (χ1) is 15.1. The quantitative estimate of drug-likeness (QED) is 0.396. The lowest BCUT2D eigenvalue weighted by Crippen LogP contribution is -2.15. The van der Waals surface area contributed by atoms with E-state index in [-0.39, 0.29) is 5.91 Å². The zero-order chi connectivity index (χ0) is 21.4. The number of thiazole rings is 1. The van der Waals surface area contributed by atoms with E-state index in [4.69, 9.17) is 9.72 Å². The summed E-state index contributed by atoms with van der Waals surface area (Å²) < 4.78 is 8.38. The minimum Gasteiger partial charge on any atom is -0.492 e. The summed E-state index contributed by atoms with van der Waals surface area (Å²) in [4.78, 5) is 17.7. The Morgan fingerprint density at radius 2 is 1.90 bits per heavy atom. The van der Waals surface area contributed by atoms with Gasteiger partial charge in [-0.15, -0.1) is 0 Å². The molecule has 5 rings (SSSR count). The van der Waals surface area contributed by atoms with E-state index in [1.165, 1.54) is 11.3 Å². The van der Waals surface area contributed by atoms with E-state index >= 15 is 0 Å². The van der Waals surface area contributed by atoms with Crippen molar-refractivity contribution in [3.05, 3.63) is 78.0 Å². The summed E-state index contributed by atoms with van der Waals surface area (Å²) in [6.45, 7) is 4.41. The minimum absolute atomic E-state index is 0.192. The normalized spacial score (nSPS) is 11.2. The van der Waals surface area contributed by atoms with Crippen molar-refractivity contribution in [3.8, 4) is 10.9 Å². The molecule has 0 aliphatic carbocycles. The summed E-state index contributed by atoms with van der Waals surface area (Å²) >= 11 is 1.50. The molecule has 0 fully saturated rings. The summed E-state index contributed by atoms with van der Waals surface area (Å²) in [6, 6.07) is 21.4. The number of ether oxygens (including phenoxy) is 1. The van der Waals surface area contributed by atoms with Gasteiger partial charge in [-0.3, -0.25) is 4.79 Å². The Morgan fingerprint density at radius 3 is 2.74 bits per heavy atom. The third-order valence-corrected chi connectivity index (χ3v) is 5.93. The van der Waals surface area contributed by atoms with E-state index in [0.29, 0.717) is 23.1 Å². The Bertz CT molecular complexity index is 1420. The monoisotopic (exact) mass is 428 g/mol. The Labute approximate surface area is 183 Å². The lowest BCUT2D eigenvalue weighted by molar-refractivity contribution is 0.102. The van der Waals surface area contributed by atoms with E-state index in [9.17, 15) is 4.79 Å². The van der Waals surface area contributed by atoms with Crippen LogP contribution in [0.1, 0.15) is 23.0 Å². The highest BCUT2D eigenvalue weighted by atomic mass is 32.1. The second-order valence-corrected chi connectivity index (χ2v) is 8.14. The van der Waals surface area contributed by atoms with Gasteiger partial charge in [0.1, 0.15) is 17.1 Å². The number of hydrogen-bond donors (Lipinski definition) is 1. The topological polar surface area (TPSA) is 69.0 Å². The molecule has 3 aromatic carbocycles. The maximum absolute atomic E-state index is 13.0. The highest BCUT2D eigenvalue weighted by molar-refractivity contribution is 7.20. The average Bonchev–Trinajstić information content (AvgIpc) is 3.37. The molecule has 0 saturated heterocycles. The second kappa shape index (κ2) is 7.85. The summed E-state index contributed by atoms with van der Waals surface area (Å²) in [7, 11) is 0. The first kappa shape index (κ1) is 19.3. The van der Waals surface area contributed by atoms with Crippen LogP contribution in [0.2, 0.25) is 0 Å². The fourth-order valence-electron chi connectivity index (χ4n) is 3.53. The van der Waals surface area contributed by atoms with Crippen molar-refractivity contribution in [1.29, 1.82) is 0 Å². The van der Waals surface area contributed by atoms with Gasteiger partial charge < -0.3 is 10.1 Å². The van der Waals surface area contributed by atoms with Crippen molar-refractivity contribution in [2.75, 3.05) is 11.9 Å². The second-order valence-electron chi connectivity index (χ2n) is 7.13. The predicted octanol–water partition coefficient (Wildman–Crippen LogP) is 5.59. The van der Waals surface area contributed by atoms with Gasteiger partial charge in [0, 0.05) is 11.6 Å². The number of aryl methyl sites for hydroxylation is 1. The number of benzene rings is 3. The molecule has 5 aromatic rings. The molecule has 1 N–H and O–H groups in total. The van der Waals surface area contributed by atoms with Gasteiger partial charge in [-0.05, 0) is 48.9 Å². The summed E-state index contributed by atoms with van der Waals surface area (Å²) in [6.07, 6.45) is 0. The van der Waals surface area contributed by atoms with Crippen molar-refractivity contribution in [1.82, 2.24) is 14.8 Å². The van der Waals surface area contributed by atoms with Crippen LogP contribution in [-0.4, -0.2) is 27.3 Å². The van der Waals surface area contributed by atoms with Gasteiger partial charge in [0.25, 0.3) is 5.91 Å². The molecule has 0 aliphatic heterocycles. The third-order valence-electron chi connectivity index (χ3n) is 4.94. The predicted molar refractivity (Wildman–Crippen MR) is 125 cm³/mol. The lowest BCUT2D eigenvalue weighted by atomic mass is 10.1. The van der Waals surface area contributed by atoms with Gasteiger partial charge in [0.15, 0.2) is 0 Å². The first-order valence-electron chi connectivity index (χ1n) is 10.0. The molecule has 0 saturated carbocycles. The van der Waals surface area contributed by atoms with Gasteiger partial charge in [0.05, 0.1) is 17.0 Å². The highest BCUT2D eigenvalue weighted by Gasteiger charge is 2.17. The van der Waals surface area contributed by atoms with Crippen LogP contribution >= 0.6 is 11.3 Å². The summed E-state index contributed by atoms with van der Waals surface area (Å²) in [5.41, 5.74) is 2.18. The molecule has 2 aromatic heterocycles. The number of para-hydroxylation sites is 1. The van der Waals surface area contributed by atoms with Crippen LogP contribution in [0.25, 0.3) is 26.1 Å². The van der Waals surface area contributed by atoms with Crippen molar-refractivity contribution >= 4 is 44.1 Å². The van der Waals surface area contributed by atoms with Crippen LogP contribution in [0.3, 0.4) is 0 Å². The molecule has 6 nitrogen and oxygen atoms in total. The average molecular weight is 429 g/mol. The Balaban J connectivity index is 1.50. The third kappa shape index (κ3) is 3.64. The van der Waals surface area contributed by atoms with Gasteiger partial charge >= 0.3 is 0 Å². The molecule has 0 atom stereocenters. The smallest absolute Gasteiger partial charge is 0.256 e. The zero-order valence-electron chi connectivity index (χ0n) is 17.1. The molecule has 0 spiro atoms. The molecule has 0 bridgehead atoms. The van der Waals surface area contributed by atoms with Crippen molar-refractivity contribution in [2.45, 2.75) is 13.8 Å². The van der Waals surface area contributed by atoms with Crippen molar-refractivity contribution < 1.29 is 9.53 Å². The van der Waals surface area contributed by atoms with E-state index < -0.39 is 0 Å². The van der Waals surface area contributed by atoms with Gasteiger partial charge in [0.2, 0.25) is 5.13 Å². The number of amides is 1. The van der Waals surface area contributed by atoms with Gasteiger partial charge in [-0.2, -0.15) is 9.78 Å². The number of nitrogens with one attached hydrogen (secondary N) is 1. The number of nitrogens with zero attached hydrogens (tertiary/aromatic N) is 3. The summed E-state index contributed by atoms with van der Waals surface area (Å²) in [5, 5.41) is 10.3. The molecular formula is C24H20N4O2S. The lowest BCUT2D eigenvalue weighted by Gasteiger charge is -2.07. The number of anilines is 1. The van der Waals surface area contributed by atoms with E-state index in [1.54, 1.807) is 4.68 Å². The Hall–Kier alpha value is -3.71. The molecule has 0 radical (unpaired) electrons. The maximum atomic E-state index is 13.0. The molecule has 0 unspecified atom stereocenters. The van der Waals surface area contributed by atoms with Gasteiger partial charge in [-0.1, -0.05) is 47.7 Å². The molecule has 7 heteroatoms. The maximum Gasteiger partial charge on any atom is 0.256 e. The van der Waals surface area contributed by atoms with Crippen LogP contribution in [0.5, 0.6) is 5.75 Å². The fraction of sp³-hybridized carbons (Fsp3) is 0.125. The van der Waals surface area contributed by atoms with E-state index in [0.717, 1.165) is 32.4 Å². The molecule has 31 heavy (non-hydrogen) atoms. The highest BCUT2D eigenvalue weighted by Crippen LogP contribution is 2.32. The van der Waals surface area contributed by atoms with Crippen molar-refractivity contribution in [3.63, 3.8) is 0 Å². The van der Waals surface area contributed by atoms with E-state index in [1.807, 2.05) is 80.6 Å². The minimum atomic E-state index is -0.192. The van der Waals surface area contributed by atoms with E-state index in [2.05, 4.69) is 10.4 Å². The van der Waals surface area contributed by atoms with Crippen LogP contribution < -0.4 is 10.1 Å². The van der Waals surface area contributed by atoms with Crippen LogP contribution in [0, 0.1) is 6.92 Å². The zero-order valence-corrected chi connectivity index (χ0v) is 17.9. The number of carbonyl (C=O) groups excluding carboxylic acids is 1. The van der Waals surface area contributed by atoms with Crippen LogP contribution in [0.4, 0.5) is 5.82 Å². The molecule has 154 valence electrons. The summed E-state index contributed by atoms with van der Waals surface area (Å²) in [5.74, 6) is 1.13. The standard InChI is InChI=1S/C24H20N4O2S/c1-3-30-19-9-6-10-20-22(19)26-24(31-20)28-21(13-15(2)27-28)25-23(29)18-12-11-16-7-4-5-8-17(16)14-18/h4-14H,3H2,1-2H3,(H,25,29). The molecular weight excluding hydrogens is 408 g/mol. The number of fused-ring (bicyclic) bond motifs is 2. The molecule has 2 heterocycles. The van der Waals surface area contributed by atoms with Crippen molar-refractivity contribution in [2.24, 2.45) is 0 Å². The SMILES string of the molecule is CCOc1cccc2sc(-n3nc(C)cc3NC(=O)c3ccc4ccccc4c3)nc12. The van der Waals surface area contributed by atoms with Gasteiger partial charge in [-0.25, -0.2) is 4.98 Å². The number of aromatic nitrogens is 3. The fourth-order valence-corrected chi connectivity index (χ4v) is 4.48. The number of hydrogen-bond acceptors (Lipinski definition) is 5. The molecule has 1 amide bonds. The first-order valence-corrected chi connectivity index (χ1v) is 10.8. The largest absolute Gasteiger partial charge is 0.492 e. The number of carbonyl (C=O) groups is 1. The van der Waals surface area contributed by atoms with Crippen LogP contribution in [0.15, 0.2) is 66.7 Å². The molecule has 0 aliphatic rings. The Morgan fingerprint density at radius 1 is 1.06 bits per heavy atom.